The fourth-order valence-electron chi connectivity index (χ4n) is 0.859. The lowest BCUT2D eigenvalue weighted by Crippen LogP contribution is -2.26. The van der Waals surface area contributed by atoms with E-state index in [1.165, 1.54) is 12.1 Å². The molecule has 0 spiro atoms. The van der Waals surface area contributed by atoms with Gasteiger partial charge in [-0.1, -0.05) is 18.2 Å². The Kier molecular flexibility index (Phi) is 3.41. The molecule has 0 amide bonds. The Labute approximate surface area is 77.3 Å². The number of benzene rings is 1. The molecule has 0 atom stereocenters. The minimum Gasteiger partial charge on any atom is -0.235 e. The van der Waals surface area contributed by atoms with E-state index in [-0.39, 0.29) is 11.4 Å². The Hall–Kier alpha value is -0.910. The van der Waals surface area contributed by atoms with Gasteiger partial charge in [0.2, 0.25) is 10.0 Å². The summed E-state index contributed by atoms with van der Waals surface area (Å²) in [5.41, 5.74) is 0. The van der Waals surface area contributed by atoms with E-state index < -0.39 is 16.6 Å². The van der Waals surface area contributed by atoms with E-state index in [9.17, 15) is 13.5 Å². The molecule has 5 heteroatoms. The highest BCUT2D eigenvalue weighted by Gasteiger charge is 2.11. The average molecular weight is 200 g/mol. The highest BCUT2D eigenvalue weighted by Crippen LogP contribution is 2.05. The smallest absolute Gasteiger partial charge is 0.235 e. The van der Waals surface area contributed by atoms with E-state index in [0.29, 0.717) is 0 Å². The molecular weight excluding hydrogens is 190 g/mol. The molecule has 1 rings (SSSR count). The average Bonchev–Trinajstić information content (AvgIpc) is 2.16. The Bertz CT molecular complexity index is 347. The third-order valence-electron chi connectivity index (χ3n) is 1.45. The fourth-order valence-corrected chi connectivity index (χ4v) is 1.89. The molecule has 0 aliphatic heterocycles. The van der Waals surface area contributed by atoms with Gasteiger partial charge in [-0.05, 0) is 12.1 Å². The fraction of sp³-hybridized carbons (Fsp3) is 0.250. The molecule has 0 aromatic heterocycles. The van der Waals surface area contributed by atoms with Crippen molar-refractivity contribution in [1.82, 2.24) is 4.72 Å². The van der Waals surface area contributed by atoms with Crippen LogP contribution < -0.4 is 4.72 Å². The van der Waals surface area contributed by atoms with Crippen LogP contribution in [-0.2, 0) is 15.1 Å². The van der Waals surface area contributed by atoms with Gasteiger partial charge in [-0.3, -0.25) is 0 Å². The number of hydrogen-bond acceptors (Lipinski definition) is 2. The topological polar surface area (TPSA) is 66.1 Å². The number of hydrogen-bond donors (Lipinski definition) is 1. The van der Waals surface area contributed by atoms with Crippen molar-refractivity contribution in [3.8, 4) is 0 Å². The van der Waals surface area contributed by atoms with Crippen molar-refractivity contribution < 1.29 is 13.5 Å². The number of sulfonamides is 1. The van der Waals surface area contributed by atoms with Crippen molar-refractivity contribution in [3.05, 3.63) is 30.3 Å². The minimum absolute atomic E-state index is 0.0722. The van der Waals surface area contributed by atoms with Crippen LogP contribution in [0.3, 0.4) is 0 Å². The Morgan fingerprint density at radius 2 is 1.77 bits per heavy atom. The molecule has 0 heterocycles. The summed E-state index contributed by atoms with van der Waals surface area (Å²) in [7, 11) is -3.47. The quantitative estimate of drug-likeness (QED) is 0.764. The van der Waals surface area contributed by atoms with Gasteiger partial charge >= 0.3 is 0 Å². The maximum atomic E-state index is 11.3. The van der Waals surface area contributed by atoms with Crippen LogP contribution in [0.15, 0.2) is 35.2 Å². The summed E-state index contributed by atoms with van der Waals surface area (Å²) < 4.78 is 24.9. The van der Waals surface area contributed by atoms with Gasteiger partial charge in [0.05, 0.1) is 11.5 Å². The van der Waals surface area contributed by atoms with E-state index in [1.807, 2.05) is 0 Å². The highest BCUT2D eigenvalue weighted by atomic mass is 32.2. The van der Waals surface area contributed by atoms with E-state index in [1.54, 1.807) is 18.2 Å². The lowest BCUT2D eigenvalue weighted by molar-refractivity contribution is 0.199. The van der Waals surface area contributed by atoms with E-state index in [4.69, 9.17) is 0 Å². The largest absolute Gasteiger partial charge is 0.240 e. The van der Waals surface area contributed by atoms with E-state index >= 15 is 0 Å². The van der Waals surface area contributed by atoms with Crippen LogP contribution in [0.5, 0.6) is 0 Å². The molecule has 0 unspecified atom stereocenters. The number of rotatable bonds is 4. The van der Waals surface area contributed by atoms with Crippen molar-refractivity contribution in [2.45, 2.75) is 4.90 Å². The Morgan fingerprint density at radius 1 is 1.15 bits per heavy atom. The van der Waals surface area contributed by atoms with Gasteiger partial charge in [0, 0.05) is 6.54 Å². The lowest BCUT2D eigenvalue weighted by Gasteiger charge is -2.03. The molecule has 1 N–H and O–H groups in total. The van der Waals surface area contributed by atoms with Gasteiger partial charge in [0.1, 0.15) is 0 Å². The second kappa shape index (κ2) is 4.36. The van der Waals surface area contributed by atoms with Gasteiger partial charge < -0.3 is 0 Å². The standard InChI is InChI=1S/C8H10NO3S/c10-7-6-9-13(11,12)8-4-2-1-3-5-8/h1-5,9H,6-7H2. The van der Waals surface area contributed by atoms with Gasteiger partial charge in [-0.15, -0.1) is 0 Å². The van der Waals surface area contributed by atoms with E-state index in [0.717, 1.165) is 0 Å². The molecule has 0 saturated carbocycles. The number of nitrogens with one attached hydrogen (secondary N) is 1. The van der Waals surface area contributed by atoms with Crippen molar-refractivity contribution >= 4 is 10.0 Å². The first-order chi connectivity index (χ1) is 6.17. The first-order valence-corrected chi connectivity index (χ1v) is 5.28. The van der Waals surface area contributed by atoms with Gasteiger partial charge in [-0.25, -0.2) is 18.2 Å². The molecular formula is C8H10NO3S. The predicted octanol–water partition coefficient (Wildman–Crippen LogP) is 0.395. The van der Waals surface area contributed by atoms with Gasteiger partial charge in [0.25, 0.3) is 0 Å². The zero-order chi connectivity index (χ0) is 9.73. The second-order valence-electron chi connectivity index (χ2n) is 2.41. The molecule has 71 valence electrons. The summed E-state index contributed by atoms with van der Waals surface area (Å²) in [6.45, 7) is -0.525. The highest BCUT2D eigenvalue weighted by molar-refractivity contribution is 7.89. The van der Waals surface area contributed by atoms with Crippen molar-refractivity contribution in [1.29, 1.82) is 0 Å². The molecule has 13 heavy (non-hydrogen) atoms. The third-order valence-corrected chi connectivity index (χ3v) is 2.92. The van der Waals surface area contributed by atoms with Crippen molar-refractivity contribution in [2.75, 3.05) is 13.2 Å². The molecule has 0 aliphatic carbocycles. The molecule has 1 radical (unpaired) electrons. The molecule has 1 aromatic rings. The zero-order valence-corrected chi connectivity index (χ0v) is 7.75. The molecule has 4 nitrogen and oxygen atoms in total. The first kappa shape index (κ1) is 10.2. The molecule has 1 aromatic carbocycles. The molecule has 0 bridgehead atoms. The molecule has 0 saturated heterocycles. The maximum Gasteiger partial charge on any atom is 0.240 e. The van der Waals surface area contributed by atoms with Crippen LogP contribution in [0.4, 0.5) is 0 Å². The molecule has 0 aliphatic rings. The summed E-state index contributed by atoms with van der Waals surface area (Å²) in [6.07, 6.45) is 0. The summed E-state index contributed by atoms with van der Waals surface area (Å²) >= 11 is 0. The molecule has 0 fully saturated rings. The van der Waals surface area contributed by atoms with Crippen LogP contribution in [0, 0.1) is 0 Å². The van der Waals surface area contributed by atoms with Crippen LogP contribution in [0.2, 0.25) is 0 Å². The normalized spacial score (nSPS) is 11.5. The second-order valence-corrected chi connectivity index (χ2v) is 4.18. The van der Waals surface area contributed by atoms with Crippen LogP contribution in [-0.4, -0.2) is 21.6 Å². The van der Waals surface area contributed by atoms with E-state index in [2.05, 4.69) is 4.72 Å². The Morgan fingerprint density at radius 3 is 2.31 bits per heavy atom. The van der Waals surface area contributed by atoms with Crippen LogP contribution in [0.1, 0.15) is 0 Å². The maximum absolute atomic E-state index is 11.3. The first-order valence-electron chi connectivity index (χ1n) is 3.79. The van der Waals surface area contributed by atoms with Gasteiger partial charge in [-0.2, -0.15) is 0 Å². The predicted molar refractivity (Wildman–Crippen MR) is 47.2 cm³/mol. The lowest BCUT2D eigenvalue weighted by atomic mass is 10.4. The van der Waals surface area contributed by atoms with Crippen LogP contribution >= 0.6 is 0 Å². The summed E-state index contributed by atoms with van der Waals surface area (Å²) in [4.78, 5) is 0.184. The summed E-state index contributed by atoms with van der Waals surface area (Å²) in [6, 6.07) is 7.95. The zero-order valence-electron chi connectivity index (χ0n) is 6.93. The SMILES string of the molecule is [O]CCNS(=O)(=O)c1ccccc1. The third kappa shape index (κ3) is 2.80. The van der Waals surface area contributed by atoms with Crippen LogP contribution in [0.25, 0.3) is 0 Å². The minimum atomic E-state index is -3.47. The summed E-state index contributed by atoms with van der Waals surface area (Å²) in [5.74, 6) is 0. The van der Waals surface area contributed by atoms with Crippen molar-refractivity contribution in [2.24, 2.45) is 0 Å². The van der Waals surface area contributed by atoms with Crippen molar-refractivity contribution in [3.63, 3.8) is 0 Å². The Balaban J connectivity index is 2.83. The summed E-state index contributed by atoms with van der Waals surface area (Å²) in [5, 5.41) is 10.1. The monoisotopic (exact) mass is 200 g/mol. The van der Waals surface area contributed by atoms with Gasteiger partial charge in [0.15, 0.2) is 0 Å².